The summed E-state index contributed by atoms with van der Waals surface area (Å²) in [4.78, 5) is 14.0. The molecule has 0 saturated carbocycles. The van der Waals surface area contributed by atoms with Gasteiger partial charge in [0.05, 0.1) is 0 Å². The van der Waals surface area contributed by atoms with E-state index < -0.39 is 11.5 Å². The van der Waals surface area contributed by atoms with Gasteiger partial charge in [-0.2, -0.15) is 0 Å². The number of carboxylic acids is 1. The van der Waals surface area contributed by atoms with Crippen LogP contribution in [-0.4, -0.2) is 34.6 Å². The van der Waals surface area contributed by atoms with Crippen molar-refractivity contribution >= 4 is 5.97 Å². The predicted octanol–water partition coefficient (Wildman–Crippen LogP) is 3.11. The van der Waals surface area contributed by atoms with E-state index in [-0.39, 0.29) is 0 Å². The molecule has 1 unspecified atom stereocenters. The topological polar surface area (TPSA) is 40.5 Å². The number of carbonyl (C=O) groups is 1. The highest BCUT2D eigenvalue weighted by atomic mass is 16.4. The van der Waals surface area contributed by atoms with Crippen LogP contribution in [0.3, 0.4) is 0 Å². The summed E-state index contributed by atoms with van der Waals surface area (Å²) >= 11 is 0. The molecule has 0 spiro atoms. The van der Waals surface area contributed by atoms with Gasteiger partial charge in [0.1, 0.15) is 5.54 Å². The van der Waals surface area contributed by atoms with Crippen molar-refractivity contribution in [2.24, 2.45) is 5.92 Å². The minimum Gasteiger partial charge on any atom is -0.480 e. The first kappa shape index (κ1) is 15.0. The Bertz CT molecular complexity index is 460. The Morgan fingerprint density at radius 3 is 2.35 bits per heavy atom. The lowest BCUT2D eigenvalue weighted by molar-refractivity contribution is -0.151. The average Bonchev–Trinajstić information content (AvgIpc) is 2.42. The molecular weight excluding hydrogens is 250 g/mol. The molecule has 0 aromatic heterocycles. The van der Waals surface area contributed by atoms with Gasteiger partial charge in [0.25, 0.3) is 0 Å². The van der Waals surface area contributed by atoms with Crippen LogP contribution in [0.2, 0.25) is 0 Å². The van der Waals surface area contributed by atoms with Crippen molar-refractivity contribution in [2.75, 3.05) is 13.1 Å². The standard InChI is InChI=1S/C17H25NO2/c1-13-4-6-15(7-5-13)12-17(3,16(19)20)18-10-8-14(2)9-11-18/h4-7,14H,8-12H2,1-3H3,(H,19,20). The minimum atomic E-state index is -0.796. The second-order valence-electron chi connectivity index (χ2n) is 6.41. The predicted molar refractivity (Wildman–Crippen MR) is 80.9 cm³/mol. The van der Waals surface area contributed by atoms with Crippen LogP contribution in [0.15, 0.2) is 24.3 Å². The second kappa shape index (κ2) is 5.96. The third kappa shape index (κ3) is 3.21. The van der Waals surface area contributed by atoms with Gasteiger partial charge >= 0.3 is 5.97 Å². The molecule has 0 amide bonds. The smallest absolute Gasteiger partial charge is 0.324 e. The number of aryl methyl sites for hydroxylation is 1. The van der Waals surface area contributed by atoms with Crippen molar-refractivity contribution in [1.82, 2.24) is 4.90 Å². The summed E-state index contributed by atoms with van der Waals surface area (Å²) in [5, 5.41) is 9.72. The molecule has 0 aliphatic carbocycles. The lowest BCUT2D eigenvalue weighted by Crippen LogP contribution is -2.56. The Morgan fingerprint density at radius 1 is 1.30 bits per heavy atom. The number of rotatable bonds is 4. The number of aliphatic carboxylic acids is 1. The lowest BCUT2D eigenvalue weighted by atomic mass is 9.87. The number of nitrogens with zero attached hydrogens (tertiary/aromatic N) is 1. The molecule has 0 radical (unpaired) electrons. The Labute approximate surface area is 121 Å². The van der Waals surface area contributed by atoms with Crippen LogP contribution in [0.25, 0.3) is 0 Å². The van der Waals surface area contributed by atoms with Crippen LogP contribution in [0.4, 0.5) is 0 Å². The van der Waals surface area contributed by atoms with Gasteiger partial charge < -0.3 is 5.11 Å². The highest BCUT2D eigenvalue weighted by Crippen LogP contribution is 2.27. The van der Waals surface area contributed by atoms with Gasteiger partial charge in [-0.3, -0.25) is 9.69 Å². The third-order valence-corrected chi connectivity index (χ3v) is 4.61. The molecular formula is C17H25NO2. The average molecular weight is 275 g/mol. The largest absolute Gasteiger partial charge is 0.480 e. The molecule has 1 atom stereocenters. The molecule has 1 saturated heterocycles. The van der Waals surface area contributed by atoms with E-state index in [9.17, 15) is 9.90 Å². The van der Waals surface area contributed by atoms with E-state index in [1.807, 2.05) is 26.0 Å². The maximum Gasteiger partial charge on any atom is 0.324 e. The van der Waals surface area contributed by atoms with Gasteiger partial charge in [0.2, 0.25) is 0 Å². The van der Waals surface area contributed by atoms with Crippen molar-refractivity contribution < 1.29 is 9.90 Å². The van der Waals surface area contributed by atoms with E-state index >= 15 is 0 Å². The highest BCUT2D eigenvalue weighted by molar-refractivity contribution is 5.78. The summed E-state index contributed by atoms with van der Waals surface area (Å²) in [7, 11) is 0. The molecule has 3 heteroatoms. The van der Waals surface area contributed by atoms with Crippen molar-refractivity contribution in [2.45, 2.75) is 45.6 Å². The first-order valence-corrected chi connectivity index (χ1v) is 7.46. The van der Waals surface area contributed by atoms with Crippen LogP contribution in [0.5, 0.6) is 0 Å². The zero-order valence-corrected chi connectivity index (χ0v) is 12.7. The quantitative estimate of drug-likeness (QED) is 0.918. The molecule has 1 heterocycles. The highest BCUT2D eigenvalue weighted by Gasteiger charge is 2.40. The molecule has 2 rings (SSSR count). The van der Waals surface area contributed by atoms with Crippen LogP contribution in [0.1, 0.15) is 37.8 Å². The Kier molecular flexibility index (Phi) is 4.48. The van der Waals surface area contributed by atoms with Crippen LogP contribution < -0.4 is 0 Å². The van der Waals surface area contributed by atoms with Crippen molar-refractivity contribution in [3.8, 4) is 0 Å². The molecule has 20 heavy (non-hydrogen) atoms. The summed E-state index contributed by atoms with van der Waals surface area (Å²) in [5.74, 6) is -0.00343. The molecule has 1 aromatic rings. The summed E-state index contributed by atoms with van der Waals surface area (Å²) in [6.45, 7) is 7.93. The number of hydrogen-bond donors (Lipinski definition) is 1. The zero-order valence-electron chi connectivity index (χ0n) is 12.7. The van der Waals surface area contributed by atoms with Crippen LogP contribution in [0, 0.1) is 12.8 Å². The van der Waals surface area contributed by atoms with Gasteiger partial charge in [-0.05, 0) is 51.3 Å². The molecule has 3 nitrogen and oxygen atoms in total. The fourth-order valence-electron chi connectivity index (χ4n) is 2.93. The third-order valence-electron chi connectivity index (χ3n) is 4.61. The van der Waals surface area contributed by atoms with Gasteiger partial charge in [0.15, 0.2) is 0 Å². The zero-order chi connectivity index (χ0) is 14.8. The normalized spacial score (nSPS) is 20.6. The monoisotopic (exact) mass is 275 g/mol. The molecule has 1 aliphatic heterocycles. The van der Waals surface area contributed by atoms with Crippen molar-refractivity contribution in [3.63, 3.8) is 0 Å². The van der Waals surface area contributed by atoms with E-state index in [1.165, 1.54) is 5.56 Å². The Hall–Kier alpha value is -1.35. The van der Waals surface area contributed by atoms with E-state index in [1.54, 1.807) is 0 Å². The fourth-order valence-corrected chi connectivity index (χ4v) is 2.93. The number of benzene rings is 1. The molecule has 1 fully saturated rings. The summed E-state index contributed by atoms with van der Waals surface area (Å²) < 4.78 is 0. The summed E-state index contributed by atoms with van der Waals surface area (Å²) in [6, 6.07) is 8.19. The molecule has 1 aromatic carbocycles. The number of carboxylic acid groups (broad SMARTS) is 1. The molecule has 110 valence electrons. The van der Waals surface area contributed by atoms with Gasteiger partial charge in [-0.15, -0.1) is 0 Å². The first-order valence-electron chi connectivity index (χ1n) is 7.46. The van der Waals surface area contributed by atoms with Crippen LogP contribution in [-0.2, 0) is 11.2 Å². The fraction of sp³-hybridized carbons (Fsp3) is 0.588. The van der Waals surface area contributed by atoms with Crippen molar-refractivity contribution in [3.05, 3.63) is 35.4 Å². The second-order valence-corrected chi connectivity index (χ2v) is 6.41. The Balaban J connectivity index is 2.16. The molecule has 0 bridgehead atoms. The van der Waals surface area contributed by atoms with E-state index in [4.69, 9.17) is 0 Å². The van der Waals surface area contributed by atoms with E-state index in [0.29, 0.717) is 12.3 Å². The van der Waals surface area contributed by atoms with E-state index in [2.05, 4.69) is 24.0 Å². The van der Waals surface area contributed by atoms with Gasteiger partial charge in [-0.25, -0.2) is 0 Å². The molecule has 1 N–H and O–H groups in total. The SMILES string of the molecule is Cc1ccc(CC(C)(C(=O)O)N2CCC(C)CC2)cc1. The summed E-state index contributed by atoms with van der Waals surface area (Å²) in [6.07, 6.45) is 2.75. The first-order chi connectivity index (χ1) is 9.41. The lowest BCUT2D eigenvalue weighted by Gasteiger charge is -2.42. The van der Waals surface area contributed by atoms with Gasteiger partial charge in [-0.1, -0.05) is 36.8 Å². The van der Waals surface area contributed by atoms with Crippen molar-refractivity contribution in [1.29, 1.82) is 0 Å². The number of hydrogen-bond acceptors (Lipinski definition) is 2. The maximum atomic E-state index is 11.8. The number of likely N-dealkylation sites (tertiary alicyclic amines) is 1. The number of piperidine rings is 1. The maximum absolute atomic E-state index is 11.8. The van der Waals surface area contributed by atoms with E-state index in [0.717, 1.165) is 31.5 Å². The minimum absolute atomic E-state index is 0.566. The summed E-state index contributed by atoms with van der Waals surface area (Å²) in [5.41, 5.74) is 1.51. The Morgan fingerprint density at radius 2 is 1.85 bits per heavy atom. The van der Waals surface area contributed by atoms with Crippen LogP contribution >= 0.6 is 0 Å². The molecule has 1 aliphatic rings. The van der Waals surface area contributed by atoms with Gasteiger partial charge in [0, 0.05) is 6.42 Å².